The highest BCUT2D eigenvalue weighted by atomic mass is 16.2. The number of piperazine rings is 1. The molecule has 7 nitrogen and oxygen atoms in total. The third-order valence-electron chi connectivity index (χ3n) is 3.45. The Bertz CT molecular complexity index is 598. The topological polar surface area (TPSA) is 91.4 Å². The summed E-state index contributed by atoms with van der Waals surface area (Å²) in [6, 6.07) is 1.69. The summed E-state index contributed by atoms with van der Waals surface area (Å²) in [5, 5.41) is 5.32. The van der Waals surface area contributed by atoms with Crippen molar-refractivity contribution < 1.29 is 14.4 Å². The van der Waals surface area contributed by atoms with E-state index in [9.17, 15) is 14.4 Å². The van der Waals surface area contributed by atoms with Gasteiger partial charge in [0.05, 0.1) is 11.3 Å². The minimum atomic E-state index is -1.09. The van der Waals surface area contributed by atoms with Crippen LogP contribution in [0.15, 0.2) is 18.5 Å². The van der Waals surface area contributed by atoms with Crippen molar-refractivity contribution in [2.75, 3.05) is 18.4 Å². The Kier molecular flexibility index (Phi) is 3.93. The first-order valence-corrected chi connectivity index (χ1v) is 6.72. The number of rotatable bonds is 3. The first-order chi connectivity index (χ1) is 9.87. The van der Waals surface area contributed by atoms with E-state index in [4.69, 9.17) is 0 Å². The Hall–Kier alpha value is -2.44. The second-order valence-corrected chi connectivity index (χ2v) is 5.28. The number of imide groups is 1. The van der Waals surface area contributed by atoms with Crippen LogP contribution in [-0.4, -0.2) is 46.2 Å². The molecule has 1 aromatic heterocycles. The quantitative estimate of drug-likeness (QED) is 0.786. The maximum absolute atomic E-state index is 12.7. The maximum atomic E-state index is 12.7. The molecule has 2 heterocycles. The normalized spacial score (nSPS) is 17.4. The highest BCUT2D eigenvalue weighted by Crippen LogP contribution is 2.24. The molecule has 1 fully saturated rings. The largest absolute Gasteiger partial charge is 0.385 e. The van der Waals surface area contributed by atoms with Gasteiger partial charge in [0.2, 0.25) is 5.91 Å². The van der Waals surface area contributed by atoms with Gasteiger partial charge in [-0.05, 0) is 26.8 Å². The van der Waals surface area contributed by atoms with E-state index < -0.39 is 23.3 Å². The zero-order valence-corrected chi connectivity index (χ0v) is 12.3. The second-order valence-electron chi connectivity index (χ2n) is 5.28. The van der Waals surface area contributed by atoms with Crippen LogP contribution < -0.4 is 10.6 Å². The van der Waals surface area contributed by atoms with E-state index in [1.807, 2.05) is 6.92 Å². The molecular weight excluding hydrogens is 272 g/mol. The van der Waals surface area contributed by atoms with Gasteiger partial charge in [0.25, 0.3) is 11.8 Å². The summed E-state index contributed by atoms with van der Waals surface area (Å²) in [5.41, 5.74) is -0.119. The van der Waals surface area contributed by atoms with Crippen LogP contribution >= 0.6 is 0 Å². The Labute approximate surface area is 122 Å². The number of nitrogens with one attached hydrogen (secondary N) is 2. The smallest absolute Gasteiger partial charge is 0.258 e. The van der Waals surface area contributed by atoms with Crippen molar-refractivity contribution in [3.63, 3.8) is 0 Å². The number of hydrogen-bond acceptors (Lipinski definition) is 5. The lowest BCUT2D eigenvalue weighted by Crippen LogP contribution is -2.65. The van der Waals surface area contributed by atoms with Gasteiger partial charge >= 0.3 is 0 Å². The van der Waals surface area contributed by atoms with Gasteiger partial charge in [0.15, 0.2) is 0 Å². The minimum absolute atomic E-state index is 0.155. The van der Waals surface area contributed by atoms with E-state index in [1.165, 1.54) is 11.1 Å². The minimum Gasteiger partial charge on any atom is -0.385 e. The number of aromatic nitrogens is 1. The lowest BCUT2D eigenvalue weighted by molar-refractivity contribution is -0.143. The Morgan fingerprint density at radius 2 is 2.19 bits per heavy atom. The number of amides is 3. The van der Waals surface area contributed by atoms with E-state index in [2.05, 4.69) is 15.6 Å². The van der Waals surface area contributed by atoms with E-state index in [1.54, 1.807) is 26.1 Å². The Morgan fingerprint density at radius 1 is 1.48 bits per heavy atom. The molecule has 2 N–H and O–H groups in total. The number of carbonyl (C=O) groups is 3. The van der Waals surface area contributed by atoms with Gasteiger partial charge in [-0.3, -0.25) is 24.7 Å². The van der Waals surface area contributed by atoms with Gasteiger partial charge in [-0.2, -0.15) is 0 Å². The zero-order chi connectivity index (χ0) is 15.6. The first-order valence-electron chi connectivity index (χ1n) is 6.72. The van der Waals surface area contributed by atoms with E-state index in [0.29, 0.717) is 17.8 Å². The lowest BCUT2D eigenvalue weighted by atomic mass is 9.97. The Morgan fingerprint density at radius 3 is 2.86 bits per heavy atom. The van der Waals surface area contributed by atoms with Crippen molar-refractivity contribution in [2.24, 2.45) is 0 Å². The molecule has 0 spiro atoms. The average molecular weight is 290 g/mol. The van der Waals surface area contributed by atoms with Gasteiger partial charge in [0.1, 0.15) is 12.1 Å². The van der Waals surface area contributed by atoms with Gasteiger partial charge in [-0.1, -0.05) is 0 Å². The molecule has 21 heavy (non-hydrogen) atoms. The summed E-state index contributed by atoms with van der Waals surface area (Å²) in [5.74, 6) is -1.37. The van der Waals surface area contributed by atoms with Crippen molar-refractivity contribution in [3.05, 3.63) is 24.0 Å². The van der Waals surface area contributed by atoms with Crippen LogP contribution in [0.2, 0.25) is 0 Å². The highest BCUT2D eigenvalue weighted by molar-refractivity contribution is 6.10. The predicted molar refractivity (Wildman–Crippen MR) is 76.7 cm³/mol. The van der Waals surface area contributed by atoms with Crippen LogP contribution in [0.25, 0.3) is 0 Å². The summed E-state index contributed by atoms with van der Waals surface area (Å²) in [4.78, 5) is 41.4. The molecule has 0 aromatic carbocycles. The van der Waals surface area contributed by atoms with Gasteiger partial charge < -0.3 is 10.2 Å². The molecule has 0 unspecified atom stereocenters. The molecule has 1 saturated heterocycles. The monoisotopic (exact) mass is 290 g/mol. The molecule has 0 radical (unpaired) electrons. The van der Waals surface area contributed by atoms with Crippen LogP contribution in [0.4, 0.5) is 5.69 Å². The average Bonchev–Trinajstić information content (AvgIpc) is 2.43. The van der Waals surface area contributed by atoms with Crippen molar-refractivity contribution in [1.82, 2.24) is 15.2 Å². The van der Waals surface area contributed by atoms with Crippen LogP contribution in [0, 0.1) is 0 Å². The molecule has 0 bridgehead atoms. The number of carbonyl (C=O) groups excluding carboxylic acids is 3. The number of hydrogen-bond donors (Lipinski definition) is 2. The van der Waals surface area contributed by atoms with Crippen LogP contribution in [0.1, 0.15) is 31.1 Å². The summed E-state index contributed by atoms with van der Waals surface area (Å²) in [6.45, 7) is 5.62. The van der Waals surface area contributed by atoms with Crippen molar-refractivity contribution in [2.45, 2.75) is 26.3 Å². The van der Waals surface area contributed by atoms with Crippen LogP contribution in [0.3, 0.4) is 0 Å². The molecule has 0 aliphatic carbocycles. The standard InChI is InChI=1S/C14H18N4O3/c1-4-16-10-5-6-15-7-9(10)12(20)18-8-11(19)17-13(21)14(18,2)3/h5-7H,4,8H2,1-3H3,(H,15,16)(H,17,19,21). The third-order valence-corrected chi connectivity index (χ3v) is 3.45. The van der Waals surface area contributed by atoms with Crippen molar-refractivity contribution >= 4 is 23.4 Å². The summed E-state index contributed by atoms with van der Waals surface area (Å²) < 4.78 is 0. The molecule has 1 aromatic rings. The molecule has 1 aliphatic heterocycles. The molecule has 0 saturated carbocycles. The van der Waals surface area contributed by atoms with Crippen molar-refractivity contribution in [1.29, 1.82) is 0 Å². The highest BCUT2D eigenvalue weighted by Gasteiger charge is 2.44. The lowest BCUT2D eigenvalue weighted by Gasteiger charge is -2.40. The van der Waals surface area contributed by atoms with Gasteiger partial charge in [-0.15, -0.1) is 0 Å². The summed E-state index contributed by atoms with van der Waals surface area (Å²) in [7, 11) is 0. The fraction of sp³-hybridized carbons (Fsp3) is 0.429. The van der Waals surface area contributed by atoms with E-state index in [-0.39, 0.29) is 6.54 Å². The number of anilines is 1. The second kappa shape index (κ2) is 5.51. The van der Waals surface area contributed by atoms with Crippen LogP contribution in [-0.2, 0) is 9.59 Å². The molecule has 112 valence electrons. The fourth-order valence-corrected chi connectivity index (χ4v) is 2.16. The molecule has 0 atom stereocenters. The summed E-state index contributed by atoms with van der Waals surface area (Å²) in [6.07, 6.45) is 3.02. The Balaban J connectivity index is 2.39. The van der Waals surface area contributed by atoms with E-state index in [0.717, 1.165) is 0 Å². The van der Waals surface area contributed by atoms with Crippen LogP contribution in [0.5, 0.6) is 0 Å². The third kappa shape index (κ3) is 2.72. The molecule has 7 heteroatoms. The maximum Gasteiger partial charge on any atom is 0.258 e. The van der Waals surface area contributed by atoms with Gasteiger partial charge in [-0.25, -0.2) is 0 Å². The fourth-order valence-electron chi connectivity index (χ4n) is 2.16. The van der Waals surface area contributed by atoms with Gasteiger partial charge in [0, 0.05) is 18.9 Å². The zero-order valence-electron chi connectivity index (χ0n) is 12.3. The predicted octanol–water partition coefficient (Wildman–Crippen LogP) is 0.391. The van der Waals surface area contributed by atoms with E-state index >= 15 is 0 Å². The molecule has 3 amide bonds. The SMILES string of the molecule is CCNc1ccncc1C(=O)N1CC(=O)NC(=O)C1(C)C. The number of pyridine rings is 1. The summed E-state index contributed by atoms with van der Waals surface area (Å²) >= 11 is 0. The molecular formula is C14H18N4O3. The molecule has 1 aliphatic rings. The van der Waals surface area contributed by atoms with Crippen molar-refractivity contribution in [3.8, 4) is 0 Å². The number of nitrogens with zero attached hydrogens (tertiary/aromatic N) is 2. The molecule has 2 rings (SSSR count). The first kappa shape index (κ1) is 15.0.